The quantitative estimate of drug-likeness (QED) is 0.308. The van der Waals surface area contributed by atoms with Crippen LogP contribution in [0.2, 0.25) is 0 Å². The van der Waals surface area contributed by atoms with Gasteiger partial charge in [-0.05, 0) is 47.2 Å². The Bertz CT molecular complexity index is 1830. The molecule has 1 aliphatic carbocycles. The summed E-state index contributed by atoms with van der Waals surface area (Å²) in [6, 6.07) is 10.9. The molecular formula is C33H29F2N5O5S. The molecule has 2 aromatic carbocycles. The minimum absolute atomic E-state index is 0.0238. The normalized spacial score (nSPS) is 19.5. The molecule has 0 bridgehead atoms. The number of carbonyl (C=O) groups excluding carboxylic acids is 3. The first-order valence-corrected chi connectivity index (χ1v) is 15.7. The van der Waals surface area contributed by atoms with Gasteiger partial charge in [0.2, 0.25) is 11.8 Å². The molecule has 1 spiro atoms. The van der Waals surface area contributed by atoms with E-state index in [1.165, 1.54) is 46.8 Å². The van der Waals surface area contributed by atoms with Gasteiger partial charge in [-0.3, -0.25) is 14.4 Å². The highest BCUT2D eigenvalue weighted by atomic mass is 32.1. The fourth-order valence-corrected chi connectivity index (χ4v) is 7.21. The number of benzene rings is 2. The molecule has 4 aromatic rings. The molecular weight excluding hydrogens is 616 g/mol. The molecule has 2 saturated heterocycles. The van der Waals surface area contributed by atoms with E-state index >= 15 is 0 Å². The molecule has 13 heteroatoms. The number of ether oxygens (including phenoxy) is 2. The topological polar surface area (TPSA) is 123 Å². The lowest BCUT2D eigenvalue weighted by Crippen LogP contribution is -2.49. The molecule has 4 heterocycles. The zero-order valence-electron chi connectivity index (χ0n) is 24.7. The Morgan fingerprint density at radius 2 is 1.76 bits per heavy atom. The predicted molar refractivity (Wildman–Crippen MR) is 164 cm³/mol. The van der Waals surface area contributed by atoms with Crippen molar-refractivity contribution < 1.29 is 32.6 Å². The van der Waals surface area contributed by atoms with Gasteiger partial charge in [0.05, 0.1) is 32.3 Å². The number of hydrogen-bond donors (Lipinski definition) is 2. The summed E-state index contributed by atoms with van der Waals surface area (Å²) < 4.78 is 41.6. The number of rotatable bonds is 7. The first-order chi connectivity index (χ1) is 22.1. The highest BCUT2D eigenvalue weighted by Crippen LogP contribution is 2.51. The van der Waals surface area contributed by atoms with Crippen molar-refractivity contribution in [2.75, 3.05) is 26.3 Å². The standard InChI is InChI=1S/C33H29F2N5O5S/c1-19(28-11-21(16-46-28)22-13-36-18-37-14-22)39-31(43)27-12-32(44-8-9-45-32)17-40(27)29(41)15-38-30(42)20-6-7-26-24(10-20)23-4-2-3-5-25(23)33(26,34)35/h2-7,10-11,13-14,16,18-19,27H,8-9,12,15,17H2,1H3,(H,38,42)(H,39,43)/t19-,27+/m1/s1. The van der Waals surface area contributed by atoms with E-state index in [4.69, 9.17) is 9.47 Å². The minimum atomic E-state index is -3.16. The maximum absolute atomic E-state index is 15.0. The average molecular weight is 646 g/mol. The number of nitrogens with one attached hydrogen (secondary N) is 2. The fraction of sp³-hybridized carbons (Fsp3) is 0.303. The second kappa shape index (κ2) is 11.6. The molecule has 2 aromatic heterocycles. The Labute approximate surface area is 266 Å². The van der Waals surface area contributed by atoms with Gasteiger partial charge < -0.3 is 25.0 Å². The molecule has 3 amide bonds. The van der Waals surface area contributed by atoms with Crippen molar-refractivity contribution in [3.05, 3.63) is 94.2 Å². The van der Waals surface area contributed by atoms with Gasteiger partial charge in [-0.1, -0.05) is 30.3 Å². The number of carbonyl (C=O) groups is 3. The Morgan fingerprint density at radius 3 is 2.54 bits per heavy atom. The Kier molecular flexibility index (Phi) is 7.62. The Hall–Kier alpha value is -4.59. The van der Waals surface area contributed by atoms with Crippen LogP contribution in [0, 0.1) is 0 Å². The molecule has 0 unspecified atom stereocenters. The average Bonchev–Trinajstić information content (AvgIpc) is 3.87. The summed E-state index contributed by atoms with van der Waals surface area (Å²) in [7, 11) is 0. The summed E-state index contributed by atoms with van der Waals surface area (Å²) in [6.07, 6.45) is 5.03. The van der Waals surface area contributed by atoms with Crippen LogP contribution in [0.3, 0.4) is 0 Å². The van der Waals surface area contributed by atoms with Gasteiger partial charge in [-0.15, -0.1) is 11.3 Å². The summed E-state index contributed by atoms with van der Waals surface area (Å²) in [4.78, 5) is 50.6. The van der Waals surface area contributed by atoms with Gasteiger partial charge in [-0.25, -0.2) is 9.97 Å². The third-order valence-electron chi connectivity index (χ3n) is 8.60. The van der Waals surface area contributed by atoms with Crippen molar-refractivity contribution in [2.45, 2.75) is 37.1 Å². The number of nitrogens with zero attached hydrogens (tertiary/aromatic N) is 3. The lowest BCUT2D eigenvalue weighted by Gasteiger charge is -2.25. The van der Waals surface area contributed by atoms with Gasteiger partial charge in [0.15, 0.2) is 5.79 Å². The van der Waals surface area contributed by atoms with Crippen molar-refractivity contribution in [3.8, 4) is 22.3 Å². The molecule has 3 aliphatic rings. The van der Waals surface area contributed by atoms with Crippen molar-refractivity contribution >= 4 is 29.1 Å². The number of likely N-dealkylation sites (tertiary alicyclic amines) is 1. The van der Waals surface area contributed by atoms with Crippen LogP contribution < -0.4 is 10.6 Å². The molecule has 2 fully saturated rings. The number of hydrogen-bond acceptors (Lipinski definition) is 8. The highest BCUT2D eigenvalue weighted by molar-refractivity contribution is 7.10. The van der Waals surface area contributed by atoms with Gasteiger partial charge in [0.25, 0.3) is 11.8 Å². The van der Waals surface area contributed by atoms with E-state index in [-0.39, 0.29) is 47.2 Å². The SMILES string of the molecule is C[C@@H](NC(=O)[C@@H]1CC2(CN1C(=O)CNC(=O)c1ccc3c(c1)-c1ccccc1C3(F)F)OCCO2)c1cc(-c2cncnc2)cs1. The van der Waals surface area contributed by atoms with Crippen molar-refractivity contribution in [3.63, 3.8) is 0 Å². The van der Waals surface area contributed by atoms with Crippen molar-refractivity contribution in [1.82, 2.24) is 25.5 Å². The number of aromatic nitrogens is 2. The summed E-state index contributed by atoms with van der Waals surface area (Å²) in [6.45, 7) is 2.15. The second-order valence-corrected chi connectivity index (χ2v) is 12.5. The monoisotopic (exact) mass is 645 g/mol. The summed E-state index contributed by atoms with van der Waals surface area (Å²) in [5, 5.41) is 7.57. The lowest BCUT2D eigenvalue weighted by molar-refractivity contribution is -0.152. The molecule has 0 saturated carbocycles. The number of fused-ring (bicyclic) bond motifs is 3. The second-order valence-electron chi connectivity index (χ2n) is 11.5. The molecule has 46 heavy (non-hydrogen) atoms. The molecule has 0 radical (unpaired) electrons. The van der Waals surface area contributed by atoms with Crippen LogP contribution >= 0.6 is 11.3 Å². The molecule has 10 nitrogen and oxygen atoms in total. The van der Waals surface area contributed by atoms with Crippen LogP contribution in [0.1, 0.15) is 45.7 Å². The predicted octanol–water partition coefficient (Wildman–Crippen LogP) is 4.28. The first-order valence-electron chi connectivity index (χ1n) is 14.8. The number of halogens is 2. The number of thiophene rings is 1. The zero-order valence-corrected chi connectivity index (χ0v) is 25.5. The van der Waals surface area contributed by atoms with Crippen LogP contribution in [0.4, 0.5) is 8.78 Å². The van der Waals surface area contributed by atoms with Crippen molar-refractivity contribution in [1.29, 1.82) is 0 Å². The van der Waals surface area contributed by atoms with Crippen LogP contribution in [-0.4, -0.2) is 70.7 Å². The van der Waals surface area contributed by atoms with E-state index in [1.54, 1.807) is 30.6 Å². The molecule has 7 rings (SSSR count). The number of amides is 3. The smallest absolute Gasteiger partial charge is 0.299 e. The number of alkyl halides is 2. The zero-order chi connectivity index (χ0) is 32.1. The minimum Gasteiger partial charge on any atom is -0.347 e. The van der Waals surface area contributed by atoms with E-state index in [9.17, 15) is 23.2 Å². The first kappa shape index (κ1) is 30.1. The van der Waals surface area contributed by atoms with Crippen molar-refractivity contribution in [2.24, 2.45) is 0 Å². The summed E-state index contributed by atoms with van der Waals surface area (Å²) in [5.74, 6) is -5.74. The van der Waals surface area contributed by atoms with Crippen LogP contribution in [0.25, 0.3) is 22.3 Å². The Balaban J connectivity index is 1.03. The summed E-state index contributed by atoms with van der Waals surface area (Å²) >= 11 is 1.49. The molecule has 236 valence electrons. The molecule has 2 N–H and O–H groups in total. The third-order valence-corrected chi connectivity index (χ3v) is 9.72. The van der Waals surface area contributed by atoms with Crippen LogP contribution in [0.5, 0.6) is 0 Å². The molecule has 2 atom stereocenters. The maximum atomic E-state index is 15.0. The van der Waals surface area contributed by atoms with E-state index in [0.717, 1.165) is 16.0 Å². The van der Waals surface area contributed by atoms with Crippen LogP contribution in [-0.2, 0) is 25.0 Å². The third kappa shape index (κ3) is 5.33. The summed E-state index contributed by atoms with van der Waals surface area (Å²) in [5.41, 5.74) is 2.29. The van der Waals surface area contributed by atoms with Gasteiger partial charge in [-0.2, -0.15) is 8.78 Å². The van der Waals surface area contributed by atoms with E-state index in [0.29, 0.717) is 18.8 Å². The molecule has 2 aliphatic heterocycles. The van der Waals surface area contributed by atoms with Crippen LogP contribution in [0.15, 0.2) is 72.6 Å². The van der Waals surface area contributed by atoms with E-state index in [2.05, 4.69) is 20.6 Å². The lowest BCUT2D eigenvalue weighted by atomic mass is 10.0. The highest BCUT2D eigenvalue weighted by Gasteiger charge is 2.52. The van der Waals surface area contributed by atoms with Gasteiger partial charge in [0, 0.05) is 45.9 Å². The largest absolute Gasteiger partial charge is 0.347 e. The Morgan fingerprint density at radius 1 is 1.02 bits per heavy atom. The van der Waals surface area contributed by atoms with E-state index in [1.807, 2.05) is 18.4 Å². The van der Waals surface area contributed by atoms with E-state index < -0.39 is 36.1 Å². The van der Waals surface area contributed by atoms with Gasteiger partial charge in [0.1, 0.15) is 12.4 Å². The fourth-order valence-electron chi connectivity index (χ4n) is 6.28. The maximum Gasteiger partial charge on any atom is 0.299 e. The van der Waals surface area contributed by atoms with Gasteiger partial charge >= 0.3 is 0 Å².